The fourth-order valence-corrected chi connectivity index (χ4v) is 3.78. The van der Waals surface area contributed by atoms with E-state index < -0.39 is 17.5 Å². The summed E-state index contributed by atoms with van der Waals surface area (Å²) in [5.74, 6) is -2.98. The zero-order valence-electron chi connectivity index (χ0n) is 12.2. The predicted octanol–water partition coefficient (Wildman–Crippen LogP) is 2.99. The highest BCUT2D eigenvalue weighted by Gasteiger charge is 2.83. The number of alkyl halides is 2. The van der Waals surface area contributed by atoms with E-state index in [2.05, 4.69) is 0 Å². The van der Waals surface area contributed by atoms with Crippen molar-refractivity contribution in [3.8, 4) is 0 Å². The van der Waals surface area contributed by atoms with Crippen LogP contribution in [0.1, 0.15) is 32.3 Å². The summed E-state index contributed by atoms with van der Waals surface area (Å²) in [5, 5.41) is 0. The van der Waals surface area contributed by atoms with Crippen LogP contribution in [-0.2, 0) is 16.1 Å². The number of benzene rings is 1. The molecule has 5 heteroatoms. The molecule has 3 rings (SSSR count). The molecule has 4 atom stereocenters. The second-order valence-electron chi connectivity index (χ2n) is 6.18. The molecule has 1 heterocycles. The van der Waals surface area contributed by atoms with Crippen LogP contribution in [0.25, 0.3) is 0 Å². The van der Waals surface area contributed by atoms with Gasteiger partial charge in [0, 0.05) is 26.3 Å². The first kappa shape index (κ1) is 14.4. The molecule has 1 saturated heterocycles. The third-order valence-electron chi connectivity index (χ3n) is 4.47. The van der Waals surface area contributed by atoms with Crippen LogP contribution in [0.4, 0.5) is 8.78 Å². The quantitative estimate of drug-likeness (QED) is 0.618. The van der Waals surface area contributed by atoms with Gasteiger partial charge in [0.1, 0.15) is 6.10 Å². The number of hydrogen-bond acceptors (Lipinski definition) is 3. The van der Waals surface area contributed by atoms with E-state index in [1.165, 1.54) is 6.92 Å². The first-order valence-electron chi connectivity index (χ1n) is 7.21. The molecule has 114 valence electrons. The lowest BCUT2D eigenvalue weighted by molar-refractivity contribution is -0.147. The number of likely N-dealkylation sites (tertiary alicyclic amines) is 1. The number of hydrogen-bond donors (Lipinski definition) is 0. The summed E-state index contributed by atoms with van der Waals surface area (Å²) in [4.78, 5) is 12.8. The molecule has 0 bridgehead atoms. The van der Waals surface area contributed by atoms with Crippen molar-refractivity contribution in [3.63, 3.8) is 0 Å². The molecular formula is C16H19F2NO2. The molecule has 2 fully saturated rings. The van der Waals surface area contributed by atoms with Crippen LogP contribution in [0.2, 0.25) is 0 Å². The highest BCUT2D eigenvalue weighted by Crippen LogP contribution is 2.67. The Balaban J connectivity index is 1.69. The van der Waals surface area contributed by atoms with Crippen LogP contribution in [0.3, 0.4) is 0 Å². The third-order valence-corrected chi connectivity index (χ3v) is 4.47. The van der Waals surface area contributed by atoms with E-state index >= 15 is 0 Å². The molecule has 1 aliphatic heterocycles. The van der Waals surface area contributed by atoms with Gasteiger partial charge in [-0.3, -0.25) is 9.69 Å². The zero-order chi connectivity index (χ0) is 15.3. The van der Waals surface area contributed by atoms with Crippen molar-refractivity contribution in [1.82, 2.24) is 4.90 Å². The Morgan fingerprint density at radius 1 is 1.43 bits per heavy atom. The zero-order valence-corrected chi connectivity index (χ0v) is 12.2. The Labute approximate surface area is 122 Å². The van der Waals surface area contributed by atoms with Gasteiger partial charge in [-0.15, -0.1) is 0 Å². The lowest BCUT2D eigenvalue weighted by Gasteiger charge is -2.33. The third kappa shape index (κ3) is 2.44. The molecule has 0 radical (unpaired) electrons. The van der Waals surface area contributed by atoms with Gasteiger partial charge in [0.25, 0.3) is 5.92 Å². The van der Waals surface area contributed by atoms with Gasteiger partial charge in [-0.25, -0.2) is 8.78 Å². The van der Waals surface area contributed by atoms with Crippen molar-refractivity contribution in [2.24, 2.45) is 0 Å². The van der Waals surface area contributed by atoms with Gasteiger partial charge >= 0.3 is 5.97 Å². The van der Waals surface area contributed by atoms with Crippen LogP contribution in [0.15, 0.2) is 30.3 Å². The molecule has 4 unspecified atom stereocenters. The van der Waals surface area contributed by atoms with Crippen LogP contribution in [-0.4, -0.2) is 34.5 Å². The number of halogens is 2. The van der Waals surface area contributed by atoms with Crippen LogP contribution in [0.5, 0.6) is 0 Å². The van der Waals surface area contributed by atoms with Gasteiger partial charge in [0.15, 0.2) is 0 Å². The van der Waals surface area contributed by atoms with E-state index in [4.69, 9.17) is 4.74 Å². The monoisotopic (exact) mass is 295 g/mol. The maximum absolute atomic E-state index is 13.7. The SMILES string of the molecule is CC(=O)OC(C)CC12CC(F)(F)C1N2Cc1ccccc1. The van der Waals surface area contributed by atoms with Crippen molar-refractivity contribution < 1.29 is 18.3 Å². The van der Waals surface area contributed by atoms with Crippen molar-refractivity contribution in [1.29, 1.82) is 0 Å². The minimum Gasteiger partial charge on any atom is -0.463 e. The van der Waals surface area contributed by atoms with Crippen molar-refractivity contribution >= 4 is 5.97 Å². The molecule has 0 aromatic heterocycles. The molecule has 2 aliphatic rings. The predicted molar refractivity (Wildman–Crippen MR) is 73.9 cm³/mol. The normalized spacial score (nSPS) is 33.5. The molecule has 1 saturated carbocycles. The van der Waals surface area contributed by atoms with Gasteiger partial charge in [0.2, 0.25) is 0 Å². The van der Waals surface area contributed by atoms with Gasteiger partial charge in [0.05, 0.1) is 11.6 Å². The maximum Gasteiger partial charge on any atom is 0.302 e. The van der Waals surface area contributed by atoms with Crippen molar-refractivity contribution in [2.75, 3.05) is 0 Å². The van der Waals surface area contributed by atoms with E-state index in [1.807, 2.05) is 35.2 Å². The van der Waals surface area contributed by atoms with Crippen LogP contribution in [0, 0.1) is 0 Å². The minimum absolute atomic E-state index is 0.136. The highest BCUT2D eigenvalue weighted by molar-refractivity contribution is 5.66. The summed E-state index contributed by atoms with van der Waals surface area (Å²) < 4.78 is 32.6. The summed E-state index contributed by atoms with van der Waals surface area (Å²) in [6.45, 7) is 3.63. The standard InChI is InChI=1S/C16H19F2NO2/c1-11(21-12(2)20)8-15-10-16(17,18)14(15)19(15)9-13-6-4-3-5-7-13/h3-7,11,14H,8-10H2,1-2H3. The molecular weight excluding hydrogens is 276 g/mol. The van der Waals surface area contributed by atoms with Gasteiger partial charge in [-0.05, 0) is 12.5 Å². The molecule has 3 nitrogen and oxygen atoms in total. The average Bonchev–Trinajstić information content (AvgIpc) is 2.89. The van der Waals surface area contributed by atoms with Gasteiger partial charge in [-0.1, -0.05) is 30.3 Å². The Bertz CT molecular complexity index is 548. The number of rotatable bonds is 5. The lowest BCUT2D eigenvalue weighted by atomic mass is 9.78. The summed E-state index contributed by atoms with van der Waals surface area (Å²) in [5.41, 5.74) is 0.538. The van der Waals surface area contributed by atoms with Crippen LogP contribution >= 0.6 is 0 Å². The Hall–Kier alpha value is -1.49. The number of carbonyl (C=O) groups excluding carboxylic acids is 1. The highest BCUT2D eigenvalue weighted by atomic mass is 19.3. The van der Waals surface area contributed by atoms with Crippen molar-refractivity contribution in [2.45, 2.75) is 56.8 Å². The molecule has 1 aliphatic carbocycles. The van der Waals surface area contributed by atoms with Gasteiger partial charge < -0.3 is 4.74 Å². The number of carbonyl (C=O) groups is 1. The fraction of sp³-hybridized carbons (Fsp3) is 0.562. The molecule has 1 aromatic rings. The molecule has 0 N–H and O–H groups in total. The Morgan fingerprint density at radius 2 is 2.10 bits per heavy atom. The average molecular weight is 295 g/mol. The summed E-state index contributed by atoms with van der Waals surface area (Å²) in [6.07, 6.45) is 0.00449. The topological polar surface area (TPSA) is 29.3 Å². The van der Waals surface area contributed by atoms with E-state index in [-0.39, 0.29) is 18.5 Å². The molecule has 0 spiro atoms. The largest absolute Gasteiger partial charge is 0.463 e. The van der Waals surface area contributed by atoms with E-state index in [1.54, 1.807) is 6.92 Å². The second-order valence-corrected chi connectivity index (χ2v) is 6.18. The van der Waals surface area contributed by atoms with Gasteiger partial charge in [-0.2, -0.15) is 0 Å². The molecule has 0 amide bonds. The molecule has 21 heavy (non-hydrogen) atoms. The smallest absolute Gasteiger partial charge is 0.302 e. The first-order valence-corrected chi connectivity index (χ1v) is 7.21. The fourth-order valence-electron chi connectivity index (χ4n) is 3.78. The molecule has 1 aromatic carbocycles. The van der Waals surface area contributed by atoms with Crippen molar-refractivity contribution in [3.05, 3.63) is 35.9 Å². The summed E-state index contributed by atoms with van der Waals surface area (Å²) in [6, 6.07) is 8.91. The number of ether oxygens (including phenoxy) is 1. The van der Waals surface area contributed by atoms with E-state index in [9.17, 15) is 13.6 Å². The Morgan fingerprint density at radius 3 is 2.67 bits per heavy atom. The Kier molecular flexibility index (Phi) is 3.28. The van der Waals surface area contributed by atoms with E-state index in [0.717, 1.165) is 5.56 Å². The maximum atomic E-state index is 13.7. The number of nitrogens with zero attached hydrogens (tertiary/aromatic N) is 1. The lowest BCUT2D eigenvalue weighted by Crippen LogP contribution is -2.47. The second kappa shape index (κ2) is 4.77. The summed E-state index contributed by atoms with van der Waals surface area (Å²) >= 11 is 0. The number of esters is 1. The minimum atomic E-state index is -2.62. The first-order chi connectivity index (χ1) is 9.85. The van der Waals surface area contributed by atoms with E-state index in [0.29, 0.717) is 13.0 Å². The number of fused-ring (bicyclic) bond motifs is 1. The summed E-state index contributed by atoms with van der Waals surface area (Å²) in [7, 11) is 0. The van der Waals surface area contributed by atoms with Crippen LogP contribution < -0.4 is 0 Å².